The Balaban J connectivity index is 1.75. The van der Waals surface area contributed by atoms with E-state index in [0.717, 1.165) is 42.5 Å². The lowest BCUT2D eigenvalue weighted by molar-refractivity contribution is 0.100. The molecule has 1 aromatic carbocycles. The molecule has 0 saturated heterocycles. The molecule has 2 heterocycles. The highest BCUT2D eigenvalue weighted by molar-refractivity contribution is 7.21. The van der Waals surface area contributed by atoms with Crippen LogP contribution in [-0.2, 0) is 24.2 Å². The first kappa shape index (κ1) is 20.0. The molecule has 29 heavy (non-hydrogen) atoms. The fraction of sp³-hybridized carbons (Fsp3) is 0.333. The number of carbonyl (C=O) groups excluding carboxylic acids is 2. The molecule has 2 amide bonds. The summed E-state index contributed by atoms with van der Waals surface area (Å²) in [4.78, 5) is 26.8. The van der Waals surface area contributed by atoms with Crippen LogP contribution < -0.4 is 11.1 Å². The highest BCUT2D eigenvalue weighted by Crippen LogP contribution is 2.39. The molecular formula is C21H21FN2O3S2. The highest BCUT2D eigenvalue weighted by atomic mass is 32.1. The third-order valence-corrected chi connectivity index (χ3v) is 7.56. The average molecular weight is 433 g/mol. The predicted octanol–water partition coefficient (Wildman–Crippen LogP) is 4.87. The van der Waals surface area contributed by atoms with Gasteiger partial charge in [0, 0.05) is 27.6 Å². The molecule has 0 saturated carbocycles. The molecule has 0 radical (unpaired) electrons. The fourth-order valence-electron chi connectivity index (χ4n) is 3.88. The molecular weight excluding hydrogens is 411 g/mol. The van der Waals surface area contributed by atoms with E-state index in [1.165, 1.54) is 35.8 Å². The number of carbonyl (C=O) groups is 2. The summed E-state index contributed by atoms with van der Waals surface area (Å²) in [6.07, 6.45) is 4.87. The largest absolute Gasteiger partial charge is 0.380 e. The maximum absolute atomic E-state index is 14.4. The Labute approximate surface area is 175 Å². The summed E-state index contributed by atoms with van der Waals surface area (Å²) in [5.74, 6) is -1.29. The van der Waals surface area contributed by atoms with Gasteiger partial charge in [-0.1, -0.05) is 12.5 Å². The number of aryl methyl sites for hydroxylation is 1. The average Bonchev–Trinajstić information content (AvgIpc) is 3.13. The van der Waals surface area contributed by atoms with Crippen LogP contribution in [0.4, 0.5) is 9.39 Å². The SMILES string of the molecule is COCc1c(C(=O)Nc2sc3c(c2C(N)=O)CCCCC3)sc2cccc(F)c12. The molecule has 4 rings (SSSR count). The van der Waals surface area contributed by atoms with E-state index in [1.807, 2.05) is 0 Å². The second kappa shape index (κ2) is 8.22. The Bertz CT molecular complexity index is 1100. The molecule has 152 valence electrons. The van der Waals surface area contributed by atoms with Gasteiger partial charge in [-0.25, -0.2) is 4.39 Å². The van der Waals surface area contributed by atoms with E-state index in [2.05, 4.69) is 5.32 Å². The first-order chi connectivity index (χ1) is 14.0. The summed E-state index contributed by atoms with van der Waals surface area (Å²) in [6.45, 7) is 0.118. The van der Waals surface area contributed by atoms with Crippen LogP contribution in [-0.4, -0.2) is 18.9 Å². The quantitative estimate of drug-likeness (QED) is 0.565. The van der Waals surface area contributed by atoms with Gasteiger partial charge >= 0.3 is 0 Å². The maximum Gasteiger partial charge on any atom is 0.266 e. The van der Waals surface area contributed by atoms with Crippen molar-refractivity contribution < 1.29 is 18.7 Å². The minimum absolute atomic E-state index is 0.118. The molecule has 5 nitrogen and oxygen atoms in total. The zero-order valence-corrected chi connectivity index (χ0v) is 17.6. The number of amides is 2. The van der Waals surface area contributed by atoms with Crippen molar-refractivity contribution in [1.29, 1.82) is 0 Å². The number of ether oxygens (including phenoxy) is 1. The number of nitrogens with one attached hydrogen (secondary N) is 1. The second-order valence-corrected chi connectivity index (χ2v) is 9.20. The molecule has 3 aromatic rings. The lowest BCUT2D eigenvalue weighted by Crippen LogP contribution is -2.18. The van der Waals surface area contributed by atoms with E-state index in [0.29, 0.717) is 31.1 Å². The molecule has 0 atom stereocenters. The van der Waals surface area contributed by atoms with Gasteiger partial charge in [-0.15, -0.1) is 22.7 Å². The third kappa shape index (κ3) is 3.68. The molecule has 0 unspecified atom stereocenters. The van der Waals surface area contributed by atoms with Gasteiger partial charge < -0.3 is 15.8 Å². The standard InChI is InChI=1S/C21H21FN2O3S2/c1-27-10-12-16-13(22)7-5-9-15(16)28-18(12)20(26)24-21-17(19(23)25)11-6-3-2-4-8-14(11)29-21/h5,7,9H,2-4,6,8,10H2,1H3,(H2,23,25)(H,24,26). The van der Waals surface area contributed by atoms with Crippen LogP contribution >= 0.6 is 22.7 Å². The lowest BCUT2D eigenvalue weighted by atomic mass is 10.1. The highest BCUT2D eigenvalue weighted by Gasteiger charge is 2.26. The molecule has 1 aliphatic rings. The number of thiophene rings is 2. The summed E-state index contributed by atoms with van der Waals surface area (Å²) < 4.78 is 20.3. The number of hydrogen-bond donors (Lipinski definition) is 2. The van der Waals surface area contributed by atoms with E-state index < -0.39 is 5.91 Å². The van der Waals surface area contributed by atoms with Crippen molar-refractivity contribution in [3.05, 3.63) is 50.5 Å². The molecule has 0 bridgehead atoms. The summed E-state index contributed by atoms with van der Waals surface area (Å²) in [5, 5.41) is 3.76. The topological polar surface area (TPSA) is 81.4 Å². The van der Waals surface area contributed by atoms with Gasteiger partial charge in [-0.2, -0.15) is 0 Å². The minimum Gasteiger partial charge on any atom is -0.380 e. The van der Waals surface area contributed by atoms with Crippen molar-refractivity contribution in [2.45, 2.75) is 38.7 Å². The Morgan fingerprint density at radius 2 is 2.00 bits per heavy atom. The van der Waals surface area contributed by atoms with Gasteiger partial charge in [-0.05, 0) is 43.4 Å². The molecule has 0 spiro atoms. The van der Waals surface area contributed by atoms with Crippen LogP contribution in [0.1, 0.15) is 55.3 Å². The normalized spacial score (nSPS) is 13.9. The number of nitrogens with two attached hydrogens (primary N) is 1. The van der Waals surface area contributed by atoms with E-state index in [4.69, 9.17) is 10.5 Å². The minimum atomic E-state index is -0.529. The number of anilines is 1. The molecule has 8 heteroatoms. The zero-order valence-electron chi connectivity index (χ0n) is 16.0. The zero-order chi connectivity index (χ0) is 20.5. The second-order valence-electron chi connectivity index (χ2n) is 7.04. The van der Waals surface area contributed by atoms with Gasteiger partial charge in [0.2, 0.25) is 0 Å². The molecule has 0 fully saturated rings. The summed E-state index contributed by atoms with van der Waals surface area (Å²) in [5.41, 5.74) is 7.56. The number of primary amides is 1. The Hall–Kier alpha value is -2.29. The molecule has 3 N–H and O–H groups in total. The monoisotopic (exact) mass is 432 g/mol. The van der Waals surface area contributed by atoms with Gasteiger partial charge in [0.05, 0.1) is 17.0 Å². The van der Waals surface area contributed by atoms with E-state index in [-0.39, 0.29) is 18.3 Å². The Kier molecular flexibility index (Phi) is 5.67. The van der Waals surface area contributed by atoms with E-state index in [9.17, 15) is 14.0 Å². The maximum atomic E-state index is 14.4. The summed E-state index contributed by atoms with van der Waals surface area (Å²) in [6, 6.07) is 4.77. The predicted molar refractivity (Wildman–Crippen MR) is 115 cm³/mol. The van der Waals surface area contributed by atoms with Crippen LogP contribution in [0.2, 0.25) is 0 Å². The van der Waals surface area contributed by atoms with E-state index >= 15 is 0 Å². The van der Waals surface area contributed by atoms with Crippen molar-refractivity contribution in [3.8, 4) is 0 Å². The number of fused-ring (bicyclic) bond motifs is 2. The van der Waals surface area contributed by atoms with Crippen LogP contribution in [0.15, 0.2) is 18.2 Å². The van der Waals surface area contributed by atoms with Gasteiger partial charge in [0.15, 0.2) is 0 Å². The van der Waals surface area contributed by atoms with Crippen molar-refractivity contribution >= 4 is 49.6 Å². The van der Waals surface area contributed by atoms with Crippen molar-refractivity contribution in [2.24, 2.45) is 5.73 Å². The van der Waals surface area contributed by atoms with E-state index in [1.54, 1.807) is 12.1 Å². The Morgan fingerprint density at radius 1 is 1.21 bits per heavy atom. The first-order valence-electron chi connectivity index (χ1n) is 9.45. The number of halogens is 1. The number of hydrogen-bond acceptors (Lipinski definition) is 5. The fourth-order valence-corrected chi connectivity index (χ4v) is 6.29. The number of methoxy groups -OCH3 is 1. The molecule has 1 aliphatic carbocycles. The molecule has 0 aliphatic heterocycles. The first-order valence-corrected chi connectivity index (χ1v) is 11.1. The number of benzene rings is 1. The smallest absolute Gasteiger partial charge is 0.266 e. The van der Waals surface area contributed by atoms with Crippen LogP contribution in [0, 0.1) is 5.82 Å². The van der Waals surface area contributed by atoms with Gasteiger partial charge in [-0.3, -0.25) is 9.59 Å². The van der Waals surface area contributed by atoms with Crippen LogP contribution in [0.5, 0.6) is 0 Å². The lowest BCUT2D eigenvalue weighted by Gasteiger charge is -2.07. The van der Waals surface area contributed by atoms with Crippen LogP contribution in [0.25, 0.3) is 10.1 Å². The van der Waals surface area contributed by atoms with Gasteiger partial charge in [0.1, 0.15) is 10.8 Å². The summed E-state index contributed by atoms with van der Waals surface area (Å²) in [7, 11) is 1.51. The van der Waals surface area contributed by atoms with Gasteiger partial charge in [0.25, 0.3) is 11.8 Å². The van der Waals surface area contributed by atoms with Crippen molar-refractivity contribution in [2.75, 3.05) is 12.4 Å². The summed E-state index contributed by atoms with van der Waals surface area (Å²) >= 11 is 2.64. The van der Waals surface area contributed by atoms with Crippen LogP contribution in [0.3, 0.4) is 0 Å². The van der Waals surface area contributed by atoms with Crippen molar-refractivity contribution in [3.63, 3.8) is 0 Å². The number of rotatable bonds is 5. The Morgan fingerprint density at radius 3 is 2.76 bits per heavy atom. The van der Waals surface area contributed by atoms with Crippen molar-refractivity contribution in [1.82, 2.24) is 0 Å². The third-order valence-electron chi connectivity index (χ3n) is 5.15. The molecule has 2 aromatic heterocycles.